The molecule has 0 saturated carbocycles. The van der Waals surface area contributed by atoms with Crippen LogP contribution in [-0.4, -0.2) is 17.6 Å². The van der Waals surface area contributed by atoms with Gasteiger partial charge >= 0.3 is 6.03 Å². The van der Waals surface area contributed by atoms with Gasteiger partial charge in [-0.1, -0.05) is 19.9 Å². The van der Waals surface area contributed by atoms with Crippen molar-refractivity contribution in [2.45, 2.75) is 20.4 Å². The van der Waals surface area contributed by atoms with Crippen molar-refractivity contribution in [3.05, 3.63) is 30.1 Å². The van der Waals surface area contributed by atoms with Crippen LogP contribution < -0.4 is 10.6 Å². The number of nitrogens with one attached hydrogen (secondary N) is 2. The van der Waals surface area contributed by atoms with Gasteiger partial charge in [0, 0.05) is 12.7 Å². The minimum atomic E-state index is -0.144. The molecule has 0 aliphatic heterocycles. The van der Waals surface area contributed by atoms with Crippen molar-refractivity contribution in [1.29, 1.82) is 0 Å². The summed E-state index contributed by atoms with van der Waals surface area (Å²) in [5, 5.41) is 5.52. The molecule has 1 aromatic rings. The molecule has 1 heterocycles. The van der Waals surface area contributed by atoms with E-state index in [2.05, 4.69) is 29.5 Å². The normalized spacial score (nSPS) is 10.1. The summed E-state index contributed by atoms with van der Waals surface area (Å²) < 4.78 is 0. The van der Waals surface area contributed by atoms with Gasteiger partial charge in [0.25, 0.3) is 0 Å². The number of pyridine rings is 1. The molecule has 0 bridgehead atoms. The molecular weight excluding hydrogens is 190 g/mol. The molecule has 82 valence electrons. The predicted molar refractivity (Wildman–Crippen MR) is 59.3 cm³/mol. The van der Waals surface area contributed by atoms with E-state index in [1.54, 1.807) is 6.20 Å². The van der Waals surface area contributed by atoms with Crippen LogP contribution in [0.4, 0.5) is 4.79 Å². The molecule has 2 amide bonds. The average molecular weight is 207 g/mol. The van der Waals surface area contributed by atoms with Crippen LogP contribution in [0.15, 0.2) is 24.4 Å². The molecular formula is C11H17N3O. The number of hydrogen-bond donors (Lipinski definition) is 2. The summed E-state index contributed by atoms with van der Waals surface area (Å²) in [7, 11) is 0. The van der Waals surface area contributed by atoms with Gasteiger partial charge in [0.15, 0.2) is 0 Å². The van der Waals surface area contributed by atoms with Crippen LogP contribution in [0.1, 0.15) is 19.5 Å². The summed E-state index contributed by atoms with van der Waals surface area (Å²) in [4.78, 5) is 15.4. The number of nitrogens with zero attached hydrogens (tertiary/aromatic N) is 1. The molecule has 0 spiro atoms. The Labute approximate surface area is 90.1 Å². The number of carbonyl (C=O) groups excluding carboxylic acids is 1. The van der Waals surface area contributed by atoms with Gasteiger partial charge < -0.3 is 10.6 Å². The Bertz CT molecular complexity index is 298. The van der Waals surface area contributed by atoms with Gasteiger partial charge in [-0.05, 0) is 18.1 Å². The first-order chi connectivity index (χ1) is 7.18. The largest absolute Gasteiger partial charge is 0.338 e. The van der Waals surface area contributed by atoms with Crippen molar-refractivity contribution in [2.24, 2.45) is 5.92 Å². The quantitative estimate of drug-likeness (QED) is 0.786. The molecule has 1 aromatic heterocycles. The first-order valence-electron chi connectivity index (χ1n) is 5.10. The highest BCUT2D eigenvalue weighted by Crippen LogP contribution is 1.92. The fourth-order valence-corrected chi connectivity index (χ4v) is 1.03. The summed E-state index contributed by atoms with van der Waals surface area (Å²) in [5.74, 6) is 0.464. The van der Waals surface area contributed by atoms with Crippen LogP contribution in [0.5, 0.6) is 0 Å². The minimum Gasteiger partial charge on any atom is -0.338 e. The molecule has 4 nitrogen and oxygen atoms in total. The second-order valence-corrected chi connectivity index (χ2v) is 3.78. The lowest BCUT2D eigenvalue weighted by Gasteiger charge is -2.08. The zero-order valence-electron chi connectivity index (χ0n) is 9.16. The molecule has 0 unspecified atom stereocenters. The summed E-state index contributed by atoms with van der Waals surface area (Å²) in [5.41, 5.74) is 0.859. The monoisotopic (exact) mass is 207 g/mol. The molecule has 0 atom stereocenters. The third kappa shape index (κ3) is 5.00. The maximum Gasteiger partial charge on any atom is 0.315 e. The Morgan fingerprint density at radius 3 is 2.80 bits per heavy atom. The van der Waals surface area contributed by atoms with Gasteiger partial charge in [-0.2, -0.15) is 0 Å². The maximum absolute atomic E-state index is 11.3. The number of carbonyl (C=O) groups is 1. The third-order valence-electron chi connectivity index (χ3n) is 1.83. The first-order valence-corrected chi connectivity index (χ1v) is 5.10. The van der Waals surface area contributed by atoms with E-state index in [0.29, 0.717) is 19.0 Å². The Hall–Kier alpha value is -1.58. The predicted octanol–water partition coefficient (Wildman–Crippen LogP) is 1.54. The Morgan fingerprint density at radius 2 is 2.20 bits per heavy atom. The zero-order chi connectivity index (χ0) is 11.1. The van der Waals surface area contributed by atoms with Crippen molar-refractivity contribution in [3.63, 3.8) is 0 Å². The third-order valence-corrected chi connectivity index (χ3v) is 1.83. The highest BCUT2D eigenvalue weighted by atomic mass is 16.2. The van der Waals surface area contributed by atoms with E-state index in [1.165, 1.54) is 0 Å². The van der Waals surface area contributed by atoms with Gasteiger partial charge in [0.2, 0.25) is 0 Å². The number of hydrogen-bond acceptors (Lipinski definition) is 2. The molecule has 2 N–H and O–H groups in total. The van der Waals surface area contributed by atoms with Crippen molar-refractivity contribution in [1.82, 2.24) is 15.6 Å². The van der Waals surface area contributed by atoms with E-state index in [9.17, 15) is 4.79 Å². The summed E-state index contributed by atoms with van der Waals surface area (Å²) in [6, 6.07) is 5.48. The van der Waals surface area contributed by atoms with Crippen molar-refractivity contribution in [3.8, 4) is 0 Å². The van der Waals surface area contributed by atoms with Gasteiger partial charge in [-0.15, -0.1) is 0 Å². The second-order valence-electron chi connectivity index (χ2n) is 3.78. The fourth-order valence-electron chi connectivity index (χ4n) is 1.03. The lowest BCUT2D eigenvalue weighted by atomic mass is 10.2. The lowest BCUT2D eigenvalue weighted by Crippen LogP contribution is -2.37. The molecule has 1 rings (SSSR count). The topological polar surface area (TPSA) is 54.0 Å². The molecule has 0 radical (unpaired) electrons. The van der Waals surface area contributed by atoms with Crippen LogP contribution in [-0.2, 0) is 6.54 Å². The summed E-state index contributed by atoms with van der Waals surface area (Å²) in [6.07, 6.45) is 1.71. The van der Waals surface area contributed by atoms with E-state index < -0.39 is 0 Å². The number of aromatic nitrogens is 1. The minimum absolute atomic E-state index is 0.144. The van der Waals surface area contributed by atoms with Gasteiger partial charge in [0.1, 0.15) is 0 Å². The summed E-state index contributed by atoms with van der Waals surface area (Å²) >= 11 is 0. The van der Waals surface area contributed by atoms with Crippen LogP contribution >= 0.6 is 0 Å². The molecule has 0 saturated heterocycles. The highest BCUT2D eigenvalue weighted by molar-refractivity contribution is 5.73. The van der Waals surface area contributed by atoms with Crippen LogP contribution in [0, 0.1) is 5.92 Å². The van der Waals surface area contributed by atoms with Crippen molar-refractivity contribution in [2.75, 3.05) is 6.54 Å². The molecule has 4 heteroatoms. The van der Waals surface area contributed by atoms with E-state index >= 15 is 0 Å². The highest BCUT2D eigenvalue weighted by Gasteiger charge is 2.01. The van der Waals surface area contributed by atoms with Crippen LogP contribution in [0.25, 0.3) is 0 Å². The smallest absolute Gasteiger partial charge is 0.315 e. The van der Waals surface area contributed by atoms with Crippen molar-refractivity contribution < 1.29 is 4.79 Å². The lowest BCUT2D eigenvalue weighted by molar-refractivity contribution is 0.239. The van der Waals surface area contributed by atoms with Gasteiger partial charge in [-0.3, -0.25) is 4.98 Å². The number of amides is 2. The number of urea groups is 1. The molecule has 0 fully saturated rings. The van der Waals surface area contributed by atoms with Gasteiger partial charge in [-0.25, -0.2) is 4.79 Å². The Morgan fingerprint density at radius 1 is 1.40 bits per heavy atom. The van der Waals surface area contributed by atoms with E-state index in [4.69, 9.17) is 0 Å². The fraction of sp³-hybridized carbons (Fsp3) is 0.455. The standard InChI is InChI=1S/C11H17N3O/c1-9(2)7-13-11(15)14-8-10-5-3-4-6-12-10/h3-6,9H,7-8H2,1-2H3,(H2,13,14,15). The second kappa shape index (κ2) is 6.01. The molecule has 0 aliphatic rings. The maximum atomic E-state index is 11.3. The van der Waals surface area contributed by atoms with Crippen LogP contribution in [0.3, 0.4) is 0 Å². The molecule has 0 aliphatic carbocycles. The van der Waals surface area contributed by atoms with Crippen LogP contribution in [0.2, 0.25) is 0 Å². The zero-order valence-corrected chi connectivity index (χ0v) is 9.16. The van der Waals surface area contributed by atoms with E-state index in [0.717, 1.165) is 5.69 Å². The first kappa shape index (κ1) is 11.5. The van der Waals surface area contributed by atoms with E-state index in [-0.39, 0.29) is 6.03 Å². The number of rotatable bonds is 4. The van der Waals surface area contributed by atoms with Crippen molar-refractivity contribution >= 4 is 6.03 Å². The van der Waals surface area contributed by atoms with E-state index in [1.807, 2.05) is 18.2 Å². The van der Waals surface area contributed by atoms with Gasteiger partial charge in [0.05, 0.1) is 12.2 Å². The molecule has 15 heavy (non-hydrogen) atoms. The molecule has 0 aromatic carbocycles. The Kier molecular flexibility index (Phi) is 4.60. The SMILES string of the molecule is CC(C)CNC(=O)NCc1ccccn1. The average Bonchev–Trinajstić information content (AvgIpc) is 2.25. The Balaban J connectivity index is 2.23. The summed E-state index contributed by atoms with van der Waals surface area (Å²) in [6.45, 7) is 5.26.